The number of hydrogen-bond acceptors (Lipinski definition) is 4. The van der Waals surface area contributed by atoms with Crippen molar-refractivity contribution in [2.24, 2.45) is 0 Å². The number of hydrogen-bond donors (Lipinski definition) is 1. The molecule has 2 heterocycles. The van der Waals surface area contributed by atoms with Crippen LogP contribution in [-0.2, 0) is 4.79 Å². The lowest BCUT2D eigenvalue weighted by molar-refractivity contribution is -0.127. The van der Waals surface area contributed by atoms with Crippen molar-refractivity contribution in [1.82, 2.24) is 10.2 Å². The van der Waals surface area contributed by atoms with Gasteiger partial charge in [0.15, 0.2) is 0 Å². The highest BCUT2D eigenvalue weighted by molar-refractivity contribution is 5.82. The Kier molecular flexibility index (Phi) is 5.67. The highest BCUT2D eigenvalue weighted by atomic mass is 19.1. The van der Waals surface area contributed by atoms with Gasteiger partial charge in [-0.15, -0.1) is 0 Å². The van der Waals surface area contributed by atoms with Crippen molar-refractivity contribution >= 4 is 11.6 Å². The molecule has 2 aromatic rings. The zero-order chi connectivity index (χ0) is 20.4. The molecule has 1 saturated heterocycles. The molecule has 2 aliphatic rings. The number of anilines is 1. The van der Waals surface area contributed by atoms with Gasteiger partial charge in [0.25, 0.3) is 0 Å². The number of fused-ring (bicyclic) bond motifs is 1. The summed E-state index contributed by atoms with van der Waals surface area (Å²) in [6.07, 6.45) is 0.744. The van der Waals surface area contributed by atoms with Gasteiger partial charge in [0.1, 0.15) is 17.4 Å². The molecule has 0 aliphatic carbocycles. The molecule has 0 bridgehead atoms. The fourth-order valence-electron chi connectivity index (χ4n) is 4.04. The van der Waals surface area contributed by atoms with E-state index in [9.17, 15) is 13.6 Å². The van der Waals surface area contributed by atoms with E-state index in [4.69, 9.17) is 4.74 Å². The molecule has 2 atom stereocenters. The number of nitrogens with one attached hydrogen (secondary N) is 1. The lowest BCUT2D eigenvalue weighted by Crippen LogP contribution is -2.54. The van der Waals surface area contributed by atoms with Crippen LogP contribution in [-0.4, -0.2) is 49.6 Å². The van der Waals surface area contributed by atoms with Crippen molar-refractivity contribution in [3.63, 3.8) is 0 Å². The van der Waals surface area contributed by atoms with E-state index in [1.54, 1.807) is 0 Å². The molecule has 1 fully saturated rings. The Hall–Kier alpha value is -2.67. The van der Waals surface area contributed by atoms with Gasteiger partial charge >= 0.3 is 0 Å². The largest absolute Gasteiger partial charge is 0.493 e. The molecule has 2 aliphatic heterocycles. The highest BCUT2D eigenvalue weighted by Gasteiger charge is 2.29. The van der Waals surface area contributed by atoms with E-state index >= 15 is 0 Å². The van der Waals surface area contributed by atoms with Crippen LogP contribution in [0.25, 0.3) is 0 Å². The monoisotopic (exact) mass is 401 g/mol. The van der Waals surface area contributed by atoms with Crippen molar-refractivity contribution in [3.8, 4) is 5.75 Å². The van der Waals surface area contributed by atoms with Crippen LogP contribution in [0.4, 0.5) is 14.5 Å². The van der Waals surface area contributed by atoms with E-state index in [0.717, 1.165) is 23.8 Å². The highest BCUT2D eigenvalue weighted by Crippen LogP contribution is 2.31. The number of halogens is 2. The van der Waals surface area contributed by atoms with Gasteiger partial charge in [0, 0.05) is 49.9 Å². The summed E-state index contributed by atoms with van der Waals surface area (Å²) in [6, 6.07) is 11.0. The summed E-state index contributed by atoms with van der Waals surface area (Å²) in [6.45, 7) is 5.01. The van der Waals surface area contributed by atoms with Gasteiger partial charge in [-0.1, -0.05) is 18.2 Å². The van der Waals surface area contributed by atoms with E-state index < -0.39 is 11.6 Å². The number of carbonyl (C=O) groups is 1. The molecule has 1 N–H and O–H groups in total. The van der Waals surface area contributed by atoms with Gasteiger partial charge in [-0.2, -0.15) is 0 Å². The van der Waals surface area contributed by atoms with E-state index in [0.29, 0.717) is 38.5 Å². The van der Waals surface area contributed by atoms with Crippen molar-refractivity contribution < 1.29 is 18.3 Å². The fourth-order valence-corrected chi connectivity index (χ4v) is 4.04. The van der Waals surface area contributed by atoms with Crippen molar-refractivity contribution in [1.29, 1.82) is 0 Å². The topological polar surface area (TPSA) is 44.8 Å². The number of carbonyl (C=O) groups excluding carboxylic acids is 1. The van der Waals surface area contributed by atoms with Crippen LogP contribution < -0.4 is 15.0 Å². The molecule has 154 valence electrons. The van der Waals surface area contributed by atoms with Crippen molar-refractivity contribution in [2.75, 3.05) is 37.7 Å². The Balaban J connectivity index is 1.35. The fraction of sp³-hybridized carbons (Fsp3) is 0.409. The average Bonchev–Trinajstić information content (AvgIpc) is 2.73. The van der Waals surface area contributed by atoms with E-state index in [-0.39, 0.29) is 18.0 Å². The molecule has 2 aromatic carbocycles. The Bertz CT molecular complexity index is 864. The van der Waals surface area contributed by atoms with Gasteiger partial charge in [-0.05, 0) is 25.1 Å². The minimum absolute atomic E-state index is 0.0167. The predicted octanol–water partition coefficient (Wildman–Crippen LogP) is 3.12. The first-order valence-corrected chi connectivity index (χ1v) is 9.98. The third-order valence-corrected chi connectivity index (χ3v) is 5.73. The average molecular weight is 401 g/mol. The molecule has 0 spiro atoms. The smallest absolute Gasteiger partial charge is 0.237 e. The van der Waals surface area contributed by atoms with Crippen molar-refractivity contribution in [3.05, 3.63) is 59.7 Å². The zero-order valence-corrected chi connectivity index (χ0v) is 16.4. The zero-order valence-electron chi connectivity index (χ0n) is 16.4. The van der Waals surface area contributed by atoms with Crippen LogP contribution in [0.1, 0.15) is 24.9 Å². The maximum absolute atomic E-state index is 13.5. The summed E-state index contributed by atoms with van der Waals surface area (Å²) in [7, 11) is 0. The summed E-state index contributed by atoms with van der Waals surface area (Å²) in [5, 5.41) is 3.16. The molecule has 0 unspecified atom stereocenters. The Morgan fingerprint density at radius 1 is 1.10 bits per heavy atom. The number of benzene rings is 2. The number of rotatable bonds is 4. The van der Waals surface area contributed by atoms with Gasteiger partial charge < -0.3 is 15.0 Å². The number of ether oxygens (including phenoxy) is 1. The molecule has 0 aromatic heterocycles. The Morgan fingerprint density at radius 3 is 2.52 bits per heavy atom. The van der Waals surface area contributed by atoms with E-state index in [2.05, 4.69) is 10.2 Å². The van der Waals surface area contributed by atoms with Crippen LogP contribution in [0, 0.1) is 11.6 Å². The maximum atomic E-state index is 13.5. The Morgan fingerprint density at radius 2 is 1.79 bits per heavy atom. The molecule has 7 heteroatoms. The van der Waals surface area contributed by atoms with Crippen LogP contribution in [0.3, 0.4) is 0 Å². The first-order valence-electron chi connectivity index (χ1n) is 9.98. The normalized spacial score (nSPS) is 20.5. The molecule has 0 radical (unpaired) electrons. The second-order valence-corrected chi connectivity index (χ2v) is 7.56. The second-order valence-electron chi connectivity index (χ2n) is 7.56. The summed E-state index contributed by atoms with van der Waals surface area (Å²) in [5.74, 6) is -0.344. The quantitative estimate of drug-likeness (QED) is 0.855. The minimum atomic E-state index is -0.577. The number of amides is 1. The number of para-hydroxylation sites is 1. The summed E-state index contributed by atoms with van der Waals surface area (Å²) in [4.78, 5) is 16.9. The lowest BCUT2D eigenvalue weighted by Gasteiger charge is -2.39. The minimum Gasteiger partial charge on any atom is -0.493 e. The van der Waals surface area contributed by atoms with Crippen molar-refractivity contribution in [2.45, 2.75) is 25.4 Å². The summed E-state index contributed by atoms with van der Waals surface area (Å²) in [5.41, 5.74) is 1.55. The van der Waals surface area contributed by atoms with Gasteiger partial charge in [0.2, 0.25) is 5.91 Å². The van der Waals surface area contributed by atoms with Crippen LogP contribution in [0.15, 0.2) is 42.5 Å². The first kappa shape index (κ1) is 19.6. The number of piperazine rings is 1. The standard InChI is InChI=1S/C22H25F2N3O2/c1-15(22(28)25-20-6-11-29-21-5-3-2-4-19(20)21)26-7-9-27(10-8-26)18-13-16(23)12-17(24)14-18/h2-5,12-15,20H,6-11H2,1H3,(H,25,28)/t15-,20-/m0/s1. The third kappa shape index (κ3) is 4.34. The maximum Gasteiger partial charge on any atom is 0.237 e. The van der Waals surface area contributed by atoms with Crippen LogP contribution in [0.2, 0.25) is 0 Å². The van der Waals surface area contributed by atoms with E-state index in [1.165, 1.54) is 12.1 Å². The predicted molar refractivity (Wildman–Crippen MR) is 107 cm³/mol. The molecule has 5 nitrogen and oxygen atoms in total. The molecule has 29 heavy (non-hydrogen) atoms. The first-order chi connectivity index (χ1) is 14.0. The van der Waals surface area contributed by atoms with Crippen LogP contribution >= 0.6 is 0 Å². The van der Waals surface area contributed by atoms with E-state index in [1.807, 2.05) is 36.1 Å². The molecular weight excluding hydrogens is 376 g/mol. The van der Waals surface area contributed by atoms with Gasteiger partial charge in [-0.25, -0.2) is 8.78 Å². The SMILES string of the molecule is C[C@@H](C(=O)N[C@H]1CCOc2ccccc21)N1CCN(c2cc(F)cc(F)c2)CC1. The number of nitrogens with zero attached hydrogens (tertiary/aromatic N) is 2. The molecule has 4 rings (SSSR count). The molecule has 0 saturated carbocycles. The van der Waals surface area contributed by atoms with Gasteiger partial charge in [0.05, 0.1) is 18.7 Å². The molecule has 1 amide bonds. The third-order valence-electron chi connectivity index (χ3n) is 5.73. The second kappa shape index (κ2) is 8.37. The van der Waals surface area contributed by atoms with Gasteiger partial charge in [-0.3, -0.25) is 9.69 Å². The lowest BCUT2D eigenvalue weighted by atomic mass is 10.00. The molecular formula is C22H25F2N3O2. The van der Waals surface area contributed by atoms with Crippen LogP contribution in [0.5, 0.6) is 5.75 Å². The summed E-state index contributed by atoms with van der Waals surface area (Å²) < 4.78 is 32.6. The summed E-state index contributed by atoms with van der Waals surface area (Å²) >= 11 is 0. The Labute approximate surface area is 169 Å².